The van der Waals surface area contributed by atoms with E-state index in [4.69, 9.17) is 0 Å². The van der Waals surface area contributed by atoms with E-state index in [0.29, 0.717) is 11.3 Å². The van der Waals surface area contributed by atoms with E-state index in [9.17, 15) is 9.59 Å². The van der Waals surface area contributed by atoms with Crippen LogP contribution >= 0.6 is 34.9 Å². The number of thioether (sulfide) groups is 2. The first-order chi connectivity index (χ1) is 11.1. The average molecular weight is 368 g/mol. The zero-order chi connectivity index (χ0) is 16.7. The van der Waals surface area contributed by atoms with Gasteiger partial charge in [0.25, 0.3) is 0 Å². The van der Waals surface area contributed by atoms with Crippen molar-refractivity contribution in [3.8, 4) is 0 Å². The first-order valence-corrected chi connectivity index (χ1v) is 9.87. The molecule has 5 nitrogen and oxygen atoms in total. The van der Waals surface area contributed by atoms with Crippen LogP contribution in [0.15, 0.2) is 32.9 Å². The quantitative estimate of drug-likeness (QED) is 0.562. The molecule has 2 rings (SSSR count). The molecular weight excluding hydrogens is 350 g/mol. The van der Waals surface area contributed by atoms with Gasteiger partial charge in [0.05, 0.1) is 5.75 Å². The number of nitrogens with one attached hydrogen (secondary N) is 1. The lowest BCUT2D eigenvalue weighted by molar-refractivity contribution is -0.113. The van der Waals surface area contributed by atoms with Gasteiger partial charge >= 0.3 is 0 Å². The van der Waals surface area contributed by atoms with Crippen molar-refractivity contribution in [1.82, 2.24) is 10.2 Å². The predicted molar refractivity (Wildman–Crippen MR) is 96.7 cm³/mol. The number of hydrogen-bond acceptors (Lipinski definition) is 7. The first-order valence-electron chi connectivity index (χ1n) is 7.08. The van der Waals surface area contributed by atoms with Crippen molar-refractivity contribution in [2.24, 2.45) is 0 Å². The minimum atomic E-state index is -0.108. The topological polar surface area (TPSA) is 72.0 Å². The maximum absolute atomic E-state index is 11.9. The molecule has 0 fully saturated rings. The number of anilines is 1. The molecule has 122 valence electrons. The normalized spacial score (nSPS) is 10.5. The highest BCUT2D eigenvalue weighted by molar-refractivity contribution is 8.03. The van der Waals surface area contributed by atoms with Crippen LogP contribution in [0.4, 0.5) is 5.69 Å². The monoisotopic (exact) mass is 367 g/mol. The Morgan fingerprint density at radius 1 is 1.13 bits per heavy atom. The van der Waals surface area contributed by atoms with E-state index in [2.05, 4.69) is 22.4 Å². The van der Waals surface area contributed by atoms with Gasteiger partial charge in [0.15, 0.2) is 14.5 Å². The van der Waals surface area contributed by atoms with Crippen LogP contribution in [0.2, 0.25) is 0 Å². The van der Waals surface area contributed by atoms with E-state index in [1.165, 1.54) is 30.0 Å². The molecule has 0 atom stereocenters. The minimum absolute atomic E-state index is 0.00597. The Labute approximate surface area is 147 Å². The smallest absolute Gasteiger partial charge is 0.234 e. The van der Waals surface area contributed by atoms with Gasteiger partial charge in [0.2, 0.25) is 5.91 Å². The Hall–Kier alpha value is -1.38. The van der Waals surface area contributed by atoms with Crippen molar-refractivity contribution in [3.63, 3.8) is 0 Å². The van der Waals surface area contributed by atoms with Gasteiger partial charge in [-0.25, -0.2) is 0 Å². The molecule has 1 amide bonds. The number of ketones is 1. The maximum Gasteiger partial charge on any atom is 0.234 e. The summed E-state index contributed by atoms with van der Waals surface area (Å²) in [5.41, 5.74) is 1.31. The standard InChI is InChI=1S/C15H17N3O2S3/c1-3-8-21-14-17-18-15(23-14)22-9-13(20)16-12-6-4-11(5-7-12)10(2)19/h4-7H,3,8-9H2,1-2H3,(H,16,20). The van der Waals surface area contributed by atoms with Gasteiger partial charge in [0.1, 0.15) is 0 Å². The molecule has 1 N–H and O–H groups in total. The molecule has 0 bridgehead atoms. The number of carbonyl (C=O) groups is 2. The molecule has 0 aliphatic carbocycles. The Morgan fingerprint density at radius 2 is 1.78 bits per heavy atom. The van der Waals surface area contributed by atoms with Crippen LogP contribution < -0.4 is 5.32 Å². The van der Waals surface area contributed by atoms with Crippen LogP contribution in [0.5, 0.6) is 0 Å². The highest BCUT2D eigenvalue weighted by atomic mass is 32.2. The van der Waals surface area contributed by atoms with Crippen molar-refractivity contribution in [2.45, 2.75) is 28.9 Å². The molecule has 0 spiro atoms. The van der Waals surface area contributed by atoms with Crippen LogP contribution in [-0.4, -0.2) is 33.4 Å². The summed E-state index contributed by atoms with van der Waals surface area (Å²) in [6, 6.07) is 6.85. The summed E-state index contributed by atoms with van der Waals surface area (Å²) in [6.07, 6.45) is 1.09. The van der Waals surface area contributed by atoms with Gasteiger partial charge in [0, 0.05) is 17.0 Å². The van der Waals surface area contributed by atoms with Crippen LogP contribution in [0.1, 0.15) is 30.6 Å². The third-order valence-electron chi connectivity index (χ3n) is 2.72. The Morgan fingerprint density at radius 3 is 2.39 bits per heavy atom. The number of aromatic nitrogens is 2. The lowest BCUT2D eigenvalue weighted by Gasteiger charge is -2.04. The summed E-state index contributed by atoms with van der Waals surface area (Å²) < 4.78 is 1.74. The second kappa shape index (κ2) is 9.05. The zero-order valence-corrected chi connectivity index (χ0v) is 15.3. The summed E-state index contributed by atoms with van der Waals surface area (Å²) in [5, 5.41) is 11.0. The second-order valence-electron chi connectivity index (χ2n) is 4.65. The number of Topliss-reactive ketones (excluding diaryl/α,β-unsaturated/α-hetero) is 1. The molecule has 1 aromatic heterocycles. The molecule has 8 heteroatoms. The van der Waals surface area contributed by atoms with Gasteiger partial charge in [-0.15, -0.1) is 10.2 Å². The molecule has 2 aromatic rings. The Balaban J connectivity index is 1.80. The zero-order valence-electron chi connectivity index (χ0n) is 12.9. The van der Waals surface area contributed by atoms with Gasteiger partial charge in [-0.3, -0.25) is 9.59 Å². The number of amides is 1. The third kappa shape index (κ3) is 5.96. The van der Waals surface area contributed by atoms with E-state index in [1.54, 1.807) is 36.0 Å². The van der Waals surface area contributed by atoms with Crippen LogP contribution in [-0.2, 0) is 4.79 Å². The fraction of sp³-hybridized carbons (Fsp3) is 0.333. The Bertz CT molecular complexity index is 671. The SMILES string of the molecule is CCCSc1nnc(SCC(=O)Nc2ccc(C(C)=O)cc2)s1. The fourth-order valence-corrected chi connectivity index (χ4v) is 4.36. The Kier molecular flexibility index (Phi) is 7.07. The summed E-state index contributed by atoms with van der Waals surface area (Å²) in [7, 11) is 0. The number of rotatable bonds is 8. The molecule has 0 unspecified atom stereocenters. The van der Waals surface area contributed by atoms with E-state index < -0.39 is 0 Å². The lowest BCUT2D eigenvalue weighted by Crippen LogP contribution is -2.14. The maximum atomic E-state index is 11.9. The molecule has 0 saturated carbocycles. The highest BCUT2D eigenvalue weighted by Gasteiger charge is 2.09. The van der Waals surface area contributed by atoms with Crippen molar-refractivity contribution < 1.29 is 9.59 Å². The molecule has 0 radical (unpaired) electrons. The van der Waals surface area contributed by atoms with Gasteiger partial charge < -0.3 is 5.32 Å². The molecule has 1 heterocycles. The van der Waals surface area contributed by atoms with Crippen LogP contribution in [0.3, 0.4) is 0 Å². The minimum Gasteiger partial charge on any atom is -0.325 e. The molecule has 23 heavy (non-hydrogen) atoms. The lowest BCUT2D eigenvalue weighted by atomic mass is 10.1. The third-order valence-corrected chi connectivity index (χ3v) is 6.12. The van der Waals surface area contributed by atoms with Crippen molar-refractivity contribution in [2.75, 3.05) is 16.8 Å². The number of nitrogens with zero attached hydrogens (tertiary/aromatic N) is 2. The summed E-state index contributed by atoms with van der Waals surface area (Å²) >= 11 is 4.57. The number of hydrogen-bond donors (Lipinski definition) is 1. The first kappa shape index (κ1) is 18.0. The average Bonchev–Trinajstić information content (AvgIpc) is 2.99. The number of benzene rings is 1. The summed E-state index contributed by atoms with van der Waals surface area (Å²) in [4.78, 5) is 23.1. The number of carbonyl (C=O) groups excluding carboxylic acids is 2. The van der Waals surface area contributed by atoms with Gasteiger partial charge in [-0.1, -0.05) is 41.8 Å². The van der Waals surface area contributed by atoms with E-state index >= 15 is 0 Å². The van der Waals surface area contributed by atoms with E-state index in [0.717, 1.165) is 20.9 Å². The summed E-state index contributed by atoms with van der Waals surface area (Å²) in [5.74, 6) is 1.20. The van der Waals surface area contributed by atoms with Crippen molar-refractivity contribution in [1.29, 1.82) is 0 Å². The van der Waals surface area contributed by atoms with E-state index in [-0.39, 0.29) is 17.4 Å². The molecule has 1 aromatic carbocycles. The molecular formula is C15H17N3O2S3. The van der Waals surface area contributed by atoms with E-state index in [1.807, 2.05) is 0 Å². The molecule has 0 saturated heterocycles. The molecule has 0 aliphatic heterocycles. The second-order valence-corrected chi connectivity index (χ2v) is 8.19. The fourth-order valence-electron chi connectivity index (χ4n) is 1.62. The van der Waals surface area contributed by atoms with Crippen molar-refractivity contribution >= 4 is 52.2 Å². The van der Waals surface area contributed by atoms with Gasteiger partial charge in [-0.05, 0) is 37.6 Å². The van der Waals surface area contributed by atoms with Crippen LogP contribution in [0, 0.1) is 0 Å². The largest absolute Gasteiger partial charge is 0.325 e. The predicted octanol–water partition coefficient (Wildman–Crippen LogP) is 3.97. The van der Waals surface area contributed by atoms with Crippen LogP contribution in [0.25, 0.3) is 0 Å². The van der Waals surface area contributed by atoms with Gasteiger partial charge in [-0.2, -0.15) is 0 Å². The molecule has 0 aliphatic rings. The summed E-state index contributed by atoms with van der Waals surface area (Å²) in [6.45, 7) is 3.64. The van der Waals surface area contributed by atoms with Crippen molar-refractivity contribution in [3.05, 3.63) is 29.8 Å². The highest BCUT2D eigenvalue weighted by Crippen LogP contribution is 2.29.